The topological polar surface area (TPSA) is 110 Å². The van der Waals surface area contributed by atoms with Crippen molar-refractivity contribution in [2.75, 3.05) is 0 Å². The summed E-state index contributed by atoms with van der Waals surface area (Å²) in [6.07, 6.45) is 10.1. The number of rotatable bonds is 8. The van der Waals surface area contributed by atoms with Crippen molar-refractivity contribution in [3.63, 3.8) is 0 Å². The first-order chi connectivity index (χ1) is 17.0. The fourth-order valence-corrected chi connectivity index (χ4v) is 8.07. The molecule has 7 nitrogen and oxygen atoms in total. The monoisotopic (exact) mass is 501 g/mol. The standard InChI is InChI=1S/C29H43NO6/c1-5-17(2)26(27(34)35)30-24(32)10-11-25(33)36-23-9-8-21-20-7-6-18-16-19(31)12-14-28(18,3)22(20)13-15-29(21,23)4/h16-17,20-23,26H,5-15H2,1-4H3,(H,30,32)(H,34,35)/t17-,20+,21+,22+,23-,26+,28+,29+/m1/s1. The molecular formula is C29H43NO6. The Morgan fingerprint density at radius 1 is 1.08 bits per heavy atom. The number of fused-ring (bicyclic) bond motifs is 5. The molecule has 200 valence electrons. The zero-order valence-corrected chi connectivity index (χ0v) is 22.3. The van der Waals surface area contributed by atoms with Gasteiger partial charge in [0.15, 0.2) is 5.78 Å². The molecule has 0 aromatic rings. The normalized spacial score (nSPS) is 37.0. The number of ketones is 1. The second-order valence-electron chi connectivity index (χ2n) is 12.3. The number of hydrogen-bond donors (Lipinski definition) is 2. The van der Waals surface area contributed by atoms with Crippen molar-refractivity contribution in [1.29, 1.82) is 0 Å². The Morgan fingerprint density at radius 2 is 1.83 bits per heavy atom. The van der Waals surface area contributed by atoms with Crippen molar-refractivity contribution in [1.82, 2.24) is 5.32 Å². The Hall–Kier alpha value is -2.18. The molecule has 0 saturated heterocycles. The highest BCUT2D eigenvalue weighted by molar-refractivity contribution is 5.91. The van der Waals surface area contributed by atoms with Crippen LogP contribution >= 0.6 is 0 Å². The second-order valence-corrected chi connectivity index (χ2v) is 12.3. The van der Waals surface area contributed by atoms with Crippen molar-refractivity contribution >= 4 is 23.6 Å². The predicted molar refractivity (Wildman–Crippen MR) is 135 cm³/mol. The fourth-order valence-electron chi connectivity index (χ4n) is 8.07. The van der Waals surface area contributed by atoms with Crippen LogP contribution in [-0.4, -0.2) is 40.9 Å². The first kappa shape index (κ1) is 26.9. The third kappa shape index (κ3) is 4.87. The van der Waals surface area contributed by atoms with E-state index in [0.717, 1.165) is 44.9 Å². The molecule has 3 saturated carbocycles. The summed E-state index contributed by atoms with van der Waals surface area (Å²) in [6, 6.07) is -0.946. The summed E-state index contributed by atoms with van der Waals surface area (Å²) in [6.45, 7) is 8.33. The van der Waals surface area contributed by atoms with Crippen molar-refractivity contribution < 1.29 is 29.0 Å². The van der Waals surface area contributed by atoms with Gasteiger partial charge in [0, 0.05) is 18.3 Å². The van der Waals surface area contributed by atoms with Crippen LogP contribution in [0.15, 0.2) is 11.6 Å². The van der Waals surface area contributed by atoms with Gasteiger partial charge >= 0.3 is 11.9 Å². The molecule has 2 N–H and O–H groups in total. The van der Waals surface area contributed by atoms with E-state index in [1.807, 2.05) is 13.0 Å². The lowest BCUT2D eigenvalue weighted by atomic mass is 9.47. The zero-order valence-electron chi connectivity index (χ0n) is 22.3. The van der Waals surface area contributed by atoms with E-state index in [0.29, 0.717) is 30.6 Å². The van der Waals surface area contributed by atoms with E-state index in [2.05, 4.69) is 19.2 Å². The average Bonchev–Trinajstić information content (AvgIpc) is 3.17. The first-order valence-electron chi connectivity index (χ1n) is 13.9. The highest BCUT2D eigenvalue weighted by Crippen LogP contribution is 2.65. The van der Waals surface area contributed by atoms with Gasteiger partial charge in [-0.05, 0) is 80.1 Å². The van der Waals surface area contributed by atoms with Gasteiger partial charge in [-0.25, -0.2) is 4.79 Å². The van der Waals surface area contributed by atoms with Crippen molar-refractivity contribution in [3.05, 3.63) is 11.6 Å². The number of carboxylic acids is 1. The maximum Gasteiger partial charge on any atom is 0.326 e. The number of esters is 1. The molecule has 4 aliphatic rings. The van der Waals surface area contributed by atoms with E-state index in [9.17, 15) is 24.3 Å². The number of aliphatic carboxylic acids is 1. The number of hydrogen-bond acceptors (Lipinski definition) is 5. The van der Waals surface area contributed by atoms with Crippen LogP contribution in [0.4, 0.5) is 0 Å². The maximum atomic E-state index is 12.7. The average molecular weight is 502 g/mol. The Morgan fingerprint density at radius 3 is 2.53 bits per heavy atom. The smallest absolute Gasteiger partial charge is 0.326 e. The van der Waals surface area contributed by atoms with Gasteiger partial charge < -0.3 is 15.2 Å². The van der Waals surface area contributed by atoms with Crippen LogP contribution in [0.5, 0.6) is 0 Å². The maximum absolute atomic E-state index is 12.7. The van der Waals surface area contributed by atoms with E-state index in [1.54, 1.807) is 6.92 Å². The van der Waals surface area contributed by atoms with Gasteiger partial charge in [-0.3, -0.25) is 14.4 Å². The summed E-state index contributed by atoms with van der Waals surface area (Å²) in [5, 5.41) is 11.9. The van der Waals surface area contributed by atoms with Gasteiger partial charge in [-0.1, -0.05) is 39.7 Å². The van der Waals surface area contributed by atoms with Crippen LogP contribution < -0.4 is 5.32 Å². The predicted octanol–water partition coefficient (Wildman–Crippen LogP) is 4.83. The van der Waals surface area contributed by atoms with E-state index in [4.69, 9.17) is 4.74 Å². The van der Waals surface area contributed by atoms with E-state index < -0.39 is 17.9 Å². The first-order valence-corrected chi connectivity index (χ1v) is 13.9. The quantitative estimate of drug-likeness (QED) is 0.461. The third-order valence-electron chi connectivity index (χ3n) is 10.5. The molecule has 0 bridgehead atoms. The van der Waals surface area contributed by atoms with Crippen LogP contribution in [0.25, 0.3) is 0 Å². The van der Waals surface area contributed by atoms with Crippen molar-refractivity contribution in [2.45, 2.75) is 110 Å². The number of ether oxygens (including phenoxy) is 1. The molecule has 0 heterocycles. The molecule has 0 aliphatic heterocycles. The molecular weight excluding hydrogens is 458 g/mol. The molecule has 0 unspecified atom stereocenters. The molecule has 0 radical (unpaired) electrons. The number of nitrogens with one attached hydrogen (secondary N) is 1. The third-order valence-corrected chi connectivity index (χ3v) is 10.5. The summed E-state index contributed by atoms with van der Waals surface area (Å²) in [4.78, 5) is 48.6. The van der Waals surface area contributed by atoms with Crippen molar-refractivity contribution in [2.24, 2.45) is 34.5 Å². The lowest BCUT2D eigenvalue weighted by Gasteiger charge is -2.57. The van der Waals surface area contributed by atoms with Gasteiger partial charge in [0.25, 0.3) is 0 Å². The number of carbonyl (C=O) groups is 4. The second kappa shape index (κ2) is 10.3. The summed E-state index contributed by atoms with van der Waals surface area (Å²) in [7, 11) is 0. The minimum atomic E-state index is -1.06. The number of carbonyl (C=O) groups excluding carboxylic acids is 3. The lowest BCUT2D eigenvalue weighted by Crippen LogP contribution is -2.51. The molecule has 0 aromatic carbocycles. The molecule has 4 aliphatic carbocycles. The van der Waals surface area contributed by atoms with Gasteiger partial charge in [0.05, 0.1) is 6.42 Å². The number of carboxylic acid groups (broad SMARTS) is 1. The molecule has 7 heteroatoms. The molecule has 3 fully saturated rings. The minimum absolute atomic E-state index is 0.0395. The Labute approximate surface area is 214 Å². The van der Waals surface area contributed by atoms with Crippen LogP contribution in [0.1, 0.15) is 98.3 Å². The van der Waals surface area contributed by atoms with Crippen LogP contribution in [0.2, 0.25) is 0 Å². The Bertz CT molecular complexity index is 942. The number of allylic oxidation sites excluding steroid dienone is 1. The minimum Gasteiger partial charge on any atom is -0.480 e. The SMILES string of the molecule is CC[C@@H](C)[C@H](NC(=O)CCC(=O)O[C@@H]1CC[C@H]2[C@@H]3CCC4=CC(=O)CC[C@]4(C)[C@H]3CC[C@]12C)C(=O)O. The van der Waals surface area contributed by atoms with Crippen molar-refractivity contribution in [3.8, 4) is 0 Å². The van der Waals surface area contributed by atoms with Crippen LogP contribution in [-0.2, 0) is 23.9 Å². The largest absolute Gasteiger partial charge is 0.480 e. The summed E-state index contributed by atoms with van der Waals surface area (Å²) < 4.78 is 5.99. The molecule has 4 rings (SSSR count). The van der Waals surface area contributed by atoms with E-state index in [1.165, 1.54) is 5.57 Å². The van der Waals surface area contributed by atoms with E-state index >= 15 is 0 Å². The van der Waals surface area contributed by atoms with Gasteiger partial charge in [0.1, 0.15) is 12.1 Å². The highest BCUT2D eigenvalue weighted by Gasteiger charge is 2.59. The Kier molecular flexibility index (Phi) is 7.68. The van der Waals surface area contributed by atoms with Gasteiger partial charge in [-0.2, -0.15) is 0 Å². The fraction of sp³-hybridized carbons (Fsp3) is 0.793. The van der Waals surface area contributed by atoms with E-state index in [-0.39, 0.29) is 47.4 Å². The highest BCUT2D eigenvalue weighted by atomic mass is 16.5. The molecule has 1 amide bonds. The molecule has 0 spiro atoms. The zero-order chi connectivity index (χ0) is 26.3. The van der Waals surface area contributed by atoms with Gasteiger partial charge in [-0.15, -0.1) is 0 Å². The van der Waals surface area contributed by atoms with Crippen LogP contribution in [0, 0.1) is 34.5 Å². The van der Waals surface area contributed by atoms with Gasteiger partial charge in [0.2, 0.25) is 5.91 Å². The Balaban J connectivity index is 1.34. The molecule has 0 aromatic heterocycles. The molecule has 8 atom stereocenters. The molecule has 36 heavy (non-hydrogen) atoms. The number of amides is 1. The lowest BCUT2D eigenvalue weighted by molar-refractivity contribution is -0.160. The summed E-state index contributed by atoms with van der Waals surface area (Å²) in [5.74, 6) is -0.0631. The summed E-state index contributed by atoms with van der Waals surface area (Å²) >= 11 is 0. The van der Waals surface area contributed by atoms with Crippen LogP contribution in [0.3, 0.4) is 0 Å². The summed E-state index contributed by atoms with van der Waals surface area (Å²) in [5.41, 5.74) is 1.44.